The van der Waals surface area contributed by atoms with Crippen LogP contribution in [0, 0.1) is 21.4 Å². The summed E-state index contributed by atoms with van der Waals surface area (Å²) in [7, 11) is 2.74. The van der Waals surface area contributed by atoms with Crippen molar-refractivity contribution in [3.8, 4) is 17.6 Å². The molecule has 0 aromatic heterocycles. The number of ether oxygens (including phenoxy) is 3. The summed E-state index contributed by atoms with van der Waals surface area (Å²) in [5.41, 5.74) is -0.489. The zero-order chi connectivity index (χ0) is 19.1. The van der Waals surface area contributed by atoms with E-state index in [1.807, 2.05) is 0 Å². The van der Waals surface area contributed by atoms with Gasteiger partial charge in [-0.3, -0.25) is 14.9 Å². The van der Waals surface area contributed by atoms with Crippen LogP contribution in [0.1, 0.15) is 18.4 Å². The average Bonchev–Trinajstić information content (AvgIpc) is 3.16. The first-order chi connectivity index (χ1) is 12.5. The summed E-state index contributed by atoms with van der Waals surface area (Å²) in [6, 6.07) is 4.30. The molecule has 9 nitrogen and oxygen atoms in total. The van der Waals surface area contributed by atoms with E-state index in [1.165, 1.54) is 26.4 Å². The van der Waals surface area contributed by atoms with Crippen LogP contribution in [0.25, 0.3) is 6.08 Å². The number of carbonyl (C=O) groups is 1. The minimum Gasteiger partial charge on any atom is -0.493 e. The third-order valence-electron chi connectivity index (χ3n) is 3.91. The topological polar surface area (TPSA) is 124 Å². The fraction of sp³-hybridized carbons (Fsp3) is 0.412. The molecule has 1 saturated heterocycles. The zero-order valence-corrected chi connectivity index (χ0v) is 14.5. The van der Waals surface area contributed by atoms with E-state index in [0.29, 0.717) is 6.61 Å². The summed E-state index contributed by atoms with van der Waals surface area (Å²) >= 11 is 0. The van der Waals surface area contributed by atoms with Gasteiger partial charge >= 0.3 is 0 Å². The van der Waals surface area contributed by atoms with E-state index in [9.17, 15) is 20.2 Å². The number of rotatable bonds is 7. The van der Waals surface area contributed by atoms with Crippen LogP contribution in [0.4, 0.5) is 5.69 Å². The Balaban J connectivity index is 2.29. The van der Waals surface area contributed by atoms with Gasteiger partial charge in [0.15, 0.2) is 11.5 Å². The number of carbonyl (C=O) groups excluding carboxylic acids is 1. The molecule has 1 aromatic carbocycles. The van der Waals surface area contributed by atoms with E-state index < -0.39 is 10.8 Å². The lowest BCUT2D eigenvalue weighted by Crippen LogP contribution is -2.32. The van der Waals surface area contributed by atoms with Crippen molar-refractivity contribution in [1.29, 1.82) is 5.26 Å². The van der Waals surface area contributed by atoms with Crippen LogP contribution in [-0.4, -0.2) is 44.3 Å². The predicted octanol–water partition coefficient (Wildman–Crippen LogP) is 1.81. The molecule has 1 aromatic rings. The molecule has 0 spiro atoms. The summed E-state index contributed by atoms with van der Waals surface area (Å²) in [6.45, 7) is 0.936. The van der Waals surface area contributed by atoms with Gasteiger partial charge in [-0.25, -0.2) is 0 Å². The molecule has 9 heteroatoms. The second-order valence-corrected chi connectivity index (χ2v) is 5.54. The third-order valence-corrected chi connectivity index (χ3v) is 3.91. The smallest absolute Gasteiger partial charge is 0.280 e. The van der Waals surface area contributed by atoms with Crippen LogP contribution in [0.2, 0.25) is 0 Å². The maximum atomic E-state index is 12.2. The molecule has 0 bridgehead atoms. The summed E-state index contributed by atoms with van der Waals surface area (Å²) in [5, 5.41) is 23.2. The maximum Gasteiger partial charge on any atom is 0.280 e. The third kappa shape index (κ3) is 4.49. The fourth-order valence-corrected chi connectivity index (χ4v) is 2.57. The van der Waals surface area contributed by atoms with E-state index in [2.05, 4.69) is 5.32 Å². The Kier molecular flexibility index (Phi) is 6.52. The lowest BCUT2D eigenvalue weighted by molar-refractivity contribution is -0.385. The SMILES string of the molecule is COc1cc(/C=C(\C#N)C(=O)NC[C@@H]2CCCO2)c([N+](=O)[O-])cc1OC. The number of nitriles is 1. The van der Waals surface area contributed by atoms with E-state index in [1.54, 1.807) is 6.07 Å². The first-order valence-electron chi connectivity index (χ1n) is 7.92. The van der Waals surface area contributed by atoms with E-state index in [4.69, 9.17) is 14.2 Å². The molecular weight excluding hydrogens is 342 g/mol. The van der Waals surface area contributed by atoms with E-state index in [0.717, 1.165) is 18.9 Å². The van der Waals surface area contributed by atoms with E-state index >= 15 is 0 Å². The van der Waals surface area contributed by atoms with Gasteiger partial charge < -0.3 is 19.5 Å². The molecule has 1 aliphatic heterocycles. The molecule has 0 radical (unpaired) electrons. The lowest BCUT2D eigenvalue weighted by Gasteiger charge is -2.11. The number of amides is 1. The monoisotopic (exact) mass is 361 g/mol. The second-order valence-electron chi connectivity index (χ2n) is 5.54. The molecule has 0 aliphatic carbocycles. The minimum atomic E-state index is -0.618. The van der Waals surface area contributed by atoms with Gasteiger partial charge in [-0.05, 0) is 25.0 Å². The number of nitro groups is 1. The number of nitro benzene ring substituents is 1. The van der Waals surface area contributed by atoms with Gasteiger partial charge in [0.25, 0.3) is 11.6 Å². The first kappa shape index (κ1) is 19.2. The summed E-state index contributed by atoms with van der Waals surface area (Å²) in [5.74, 6) is -0.189. The van der Waals surface area contributed by atoms with Crippen LogP contribution in [0.3, 0.4) is 0 Å². The van der Waals surface area contributed by atoms with Crippen LogP contribution in [0.5, 0.6) is 11.5 Å². The van der Waals surface area contributed by atoms with Crippen molar-refractivity contribution in [3.63, 3.8) is 0 Å². The van der Waals surface area contributed by atoms with Gasteiger partial charge in [0.05, 0.1) is 36.9 Å². The van der Waals surface area contributed by atoms with Crippen molar-refractivity contribution in [2.75, 3.05) is 27.4 Å². The van der Waals surface area contributed by atoms with Crippen LogP contribution in [-0.2, 0) is 9.53 Å². The lowest BCUT2D eigenvalue weighted by atomic mass is 10.1. The van der Waals surface area contributed by atoms with Crippen molar-refractivity contribution in [2.24, 2.45) is 0 Å². The highest BCUT2D eigenvalue weighted by molar-refractivity contribution is 6.02. The Bertz CT molecular complexity index is 762. The van der Waals surface area contributed by atoms with Crippen LogP contribution in [0.15, 0.2) is 17.7 Å². The van der Waals surface area contributed by atoms with Crippen molar-refractivity contribution in [1.82, 2.24) is 5.32 Å². The molecule has 138 valence electrons. The highest BCUT2D eigenvalue weighted by Gasteiger charge is 2.21. The standard InChI is InChI=1S/C17H19N3O6/c1-24-15-7-11(14(20(22)23)8-16(15)25-2)6-12(9-18)17(21)19-10-13-4-3-5-26-13/h6-8,13H,3-5,10H2,1-2H3,(H,19,21)/b12-6+/t13-/m0/s1. The van der Waals surface area contributed by atoms with Crippen LogP contribution >= 0.6 is 0 Å². The number of benzene rings is 1. The van der Waals surface area contributed by atoms with Crippen molar-refractivity contribution in [2.45, 2.75) is 18.9 Å². The Morgan fingerprint density at radius 3 is 2.69 bits per heavy atom. The number of methoxy groups -OCH3 is 2. The summed E-state index contributed by atoms with van der Waals surface area (Å²) < 4.78 is 15.6. The zero-order valence-electron chi connectivity index (χ0n) is 14.5. The van der Waals surface area contributed by atoms with Gasteiger partial charge in [0.2, 0.25) is 0 Å². The minimum absolute atomic E-state index is 0.0662. The molecule has 2 rings (SSSR count). The Morgan fingerprint density at radius 2 is 2.15 bits per heavy atom. The van der Waals surface area contributed by atoms with Gasteiger partial charge in [-0.1, -0.05) is 0 Å². The van der Waals surface area contributed by atoms with Gasteiger partial charge in [-0.15, -0.1) is 0 Å². The van der Waals surface area contributed by atoms with Crippen LogP contribution < -0.4 is 14.8 Å². The molecule has 0 saturated carbocycles. The van der Waals surface area contributed by atoms with Gasteiger partial charge in [0, 0.05) is 13.2 Å². The number of hydrogen-bond donors (Lipinski definition) is 1. The quantitative estimate of drug-likeness (QED) is 0.340. The maximum absolute atomic E-state index is 12.2. The second kappa shape index (κ2) is 8.82. The summed E-state index contributed by atoms with van der Waals surface area (Å²) in [6.07, 6.45) is 2.85. The highest BCUT2D eigenvalue weighted by Crippen LogP contribution is 2.35. The Labute approximate surface area is 150 Å². The molecule has 1 N–H and O–H groups in total. The summed E-state index contributed by atoms with van der Waals surface area (Å²) in [4.78, 5) is 22.9. The molecule has 1 fully saturated rings. The fourth-order valence-electron chi connectivity index (χ4n) is 2.57. The van der Waals surface area contributed by atoms with E-state index in [-0.39, 0.29) is 41.0 Å². The van der Waals surface area contributed by atoms with Crippen molar-refractivity contribution < 1.29 is 23.9 Å². The molecular formula is C17H19N3O6. The predicted molar refractivity (Wildman–Crippen MR) is 91.8 cm³/mol. The normalized spacial score (nSPS) is 16.7. The Hall–Kier alpha value is -3.12. The number of nitrogens with zero attached hydrogens (tertiary/aromatic N) is 2. The molecule has 1 aliphatic rings. The Morgan fingerprint density at radius 1 is 1.46 bits per heavy atom. The molecule has 1 heterocycles. The van der Waals surface area contributed by atoms with Crippen molar-refractivity contribution >= 4 is 17.7 Å². The number of hydrogen-bond acceptors (Lipinski definition) is 7. The van der Waals surface area contributed by atoms with Gasteiger partial charge in [-0.2, -0.15) is 5.26 Å². The van der Waals surface area contributed by atoms with Crippen molar-refractivity contribution in [3.05, 3.63) is 33.4 Å². The molecule has 0 unspecified atom stereocenters. The number of nitrogens with one attached hydrogen (secondary N) is 1. The van der Waals surface area contributed by atoms with Gasteiger partial charge in [0.1, 0.15) is 11.6 Å². The average molecular weight is 361 g/mol. The largest absolute Gasteiger partial charge is 0.493 e. The molecule has 1 atom stereocenters. The molecule has 1 amide bonds. The first-order valence-corrected chi connectivity index (χ1v) is 7.92. The highest BCUT2D eigenvalue weighted by atomic mass is 16.6. The molecule has 26 heavy (non-hydrogen) atoms.